The molecule has 1 aliphatic rings. The zero-order chi connectivity index (χ0) is 14.8. The Morgan fingerprint density at radius 1 is 1.15 bits per heavy atom. The first-order valence-electron chi connectivity index (χ1n) is 6.52. The fourth-order valence-corrected chi connectivity index (χ4v) is 4.04. The van der Waals surface area contributed by atoms with Crippen LogP contribution in [-0.2, 0) is 10.0 Å². The van der Waals surface area contributed by atoms with Gasteiger partial charge in [-0.05, 0) is 31.0 Å². The van der Waals surface area contributed by atoms with Crippen LogP contribution < -0.4 is 5.73 Å². The molecular weight excluding hydrogens is 300 g/mol. The molecule has 1 amide bonds. The lowest BCUT2D eigenvalue weighted by Crippen LogP contribution is -2.32. The lowest BCUT2D eigenvalue weighted by atomic mass is 10.2. The van der Waals surface area contributed by atoms with Gasteiger partial charge in [0.15, 0.2) is 0 Å². The summed E-state index contributed by atoms with van der Waals surface area (Å²) in [5, 5.41) is 0.160. The summed E-state index contributed by atoms with van der Waals surface area (Å²) in [6.45, 7) is 1.02. The Labute approximate surface area is 123 Å². The number of hydrogen-bond donors (Lipinski definition) is 1. The van der Waals surface area contributed by atoms with Crippen LogP contribution in [0.4, 0.5) is 0 Å². The van der Waals surface area contributed by atoms with E-state index in [2.05, 4.69) is 0 Å². The van der Waals surface area contributed by atoms with E-state index in [1.165, 1.54) is 22.5 Å². The maximum absolute atomic E-state index is 12.6. The molecule has 0 unspecified atom stereocenters. The predicted octanol–water partition coefficient (Wildman–Crippen LogP) is 2.00. The molecule has 0 spiro atoms. The van der Waals surface area contributed by atoms with Gasteiger partial charge in [-0.2, -0.15) is 4.31 Å². The molecule has 2 N–H and O–H groups in total. The Hall–Kier alpha value is -1.11. The molecule has 5 nitrogen and oxygen atoms in total. The van der Waals surface area contributed by atoms with Crippen molar-refractivity contribution in [2.75, 3.05) is 13.1 Å². The highest BCUT2D eigenvalue weighted by Gasteiger charge is 2.26. The molecule has 20 heavy (non-hydrogen) atoms. The van der Waals surface area contributed by atoms with Crippen LogP contribution in [0, 0.1) is 0 Å². The third kappa shape index (κ3) is 3.13. The van der Waals surface area contributed by atoms with Gasteiger partial charge in [0.05, 0.1) is 15.5 Å². The molecular formula is C13H17ClN2O3S. The minimum absolute atomic E-state index is 0.0302. The van der Waals surface area contributed by atoms with E-state index in [1.807, 2.05) is 0 Å². The minimum atomic E-state index is -3.59. The Morgan fingerprint density at radius 2 is 1.75 bits per heavy atom. The Morgan fingerprint density at radius 3 is 2.30 bits per heavy atom. The number of benzene rings is 1. The number of nitrogens with zero attached hydrogens (tertiary/aromatic N) is 1. The number of nitrogens with two attached hydrogens (primary N) is 1. The van der Waals surface area contributed by atoms with Crippen LogP contribution in [0.5, 0.6) is 0 Å². The van der Waals surface area contributed by atoms with Gasteiger partial charge in [-0.25, -0.2) is 8.42 Å². The molecule has 7 heteroatoms. The largest absolute Gasteiger partial charge is 0.366 e. The second-order valence-electron chi connectivity index (χ2n) is 4.82. The Balaban J connectivity index is 2.38. The number of sulfonamides is 1. The van der Waals surface area contributed by atoms with Gasteiger partial charge in [0, 0.05) is 13.1 Å². The summed E-state index contributed by atoms with van der Waals surface area (Å²) >= 11 is 5.84. The summed E-state index contributed by atoms with van der Waals surface area (Å²) in [5.74, 6) is -0.733. The third-order valence-corrected chi connectivity index (χ3v) is 5.63. The quantitative estimate of drug-likeness (QED) is 0.926. The van der Waals surface area contributed by atoms with Gasteiger partial charge in [0.2, 0.25) is 15.9 Å². The molecule has 110 valence electrons. The smallest absolute Gasteiger partial charge is 0.250 e. The summed E-state index contributed by atoms with van der Waals surface area (Å²) < 4.78 is 26.6. The van der Waals surface area contributed by atoms with Crippen LogP contribution in [0.3, 0.4) is 0 Å². The van der Waals surface area contributed by atoms with Crippen molar-refractivity contribution in [2.45, 2.75) is 30.6 Å². The fraction of sp³-hybridized carbons (Fsp3) is 0.462. The van der Waals surface area contributed by atoms with Gasteiger partial charge in [-0.15, -0.1) is 0 Å². The summed E-state index contributed by atoms with van der Waals surface area (Å²) in [4.78, 5) is 11.3. The number of amides is 1. The molecule has 0 radical (unpaired) electrons. The molecule has 1 aromatic carbocycles. The summed E-state index contributed by atoms with van der Waals surface area (Å²) in [6.07, 6.45) is 3.79. The van der Waals surface area contributed by atoms with Gasteiger partial charge in [0.25, 0.3) is 0 Å². The van der Waals surface area contributed by atoms with Crippen LogP contribution in [0.25, 0.3) is 0 Å². The van der Waals surface area contributed by atoms with E-state index >= 15 is 0 Å². The van der Waals surface area contributed by atoms with Crippen LogP contribution in [0.2, 0.25) is 5.02 Å². The zero-order valence-electron chi connectivity index (χ0n) is 11.0. The van der Waals surface area contributed by atoms with Crippen molar-refractivity contribution in [1.82, 2.24) is 4.31 Å². The van der Waals surface area contributed by atoms with Crippen molar-refractivity contribution in [1.29, 1.82) is 0 Å². The van der Waals surface area contributed by atoms with Crippen LogP contribution >= 0.6 is 11.6 Å². The van der Waals surface area contributed by atoms with E-state index < -0.39 is 15.9 Å². The number of carbonyl (C=O) groups excluding carboxylic acids is 1. The number of rotatable bonds is 3. The van der Waals surface area contributed by atoms with E-state index in [0.717, 1.165) is 25.7 Å². The highest BCUT2D eigenvalue weighted by Crippen LogP contribution is 2.24. The van der Waals surface area contributed by atoms with Crippen molar-refractivity contribution in [2.24, 2.45) is 5.73 Å². The van der Waals surface area contributed by atoms with Gasteiger partial charge >= 0.3 is 0 Å². The maximum atomic E-state index is 12.6. The molecule has 1 fully saturated rings. The van der Waals surface area contributed by atoms with E-state index in [0.29, 0.717) is 13.1 Å². The van der Waals surface area contributed by atoms with E-state index in [-0.39, 0.29) is 15.5 Å². The van der Waals surface area contributed by atoms with E-state index in [4.69, 9.17) is 17.3 Å². The monoisotopic (exact) mass is 316 g/mol. The number of halogens is 1. The summed E-state index contributed by atoms with van der Waals surface area (Å²) in [6, 6.07) is 4.06. The first-order chi connectivity index (χ1) is 9.43. The van der Waals surface area contributed by atoms with Crippen molar-refractivity contribution in [3.05, 3.63) is 28.8 Å². The zero-order valence-corrected chi connectivity index (χ0v) is 12.6. The van der Waals surface area contributed by atoms with Crippen molar-refractivity contribution < 1.29 is 13.2 Å². The Bertz CT molecular complexity index is 608. The second kappa shape index (κ2) is 6.11. The van der Waals surface area contributed by atoms with E-state index in [9.17, 15) is 13.2 Å². The van der Waals surface area contributed by atoms with Gasteiger partial charge in [-0.1, -0.05) is 24.4 Å². The van der Waals surface area contributed by atoms with Crippen molar-refractivity contribution >= 4 is 27.5 Å². The van der Waals surface area contributed by atoms with Gasteiger partial charge in [-0.3, -0.25) is 4.79 Å². The molecule has 2 rings (SSSR count). The third-order valence-electron chi connectivity index (χ3n) is 3.41. The minimum Gasteiger partial charge on any atom is -0.366 e. The molecule has 1 heterocycles. The molecule has 0 atom stereocenters. The molecule has 1 aromatic rings. The van der Waals surface area contributed by atoms with Crippen molar-refractivity contribution in [3.8, 4) is 0 Å². The average molecular weight is 317 g/mol. The highest BCUT2D eigenvalue weighted by atomic mass is 35.5. The molecule has 1 saturated heterocycles. The normalized spacial score (nSPS) is 17.6. The highest BCUT2D eigenvalue weighted by molar-refractivity contribution is 7.89. The summed E-state index contributed by atoms with van der Waals surface area (Å²) in [7, 11) is -3.59. The topological polar surface area (TPSA) is 80.5 Å². The Kier molecular flexibility index (Phi) is 4.67. The number of hydrogen-bond acceptors (Lipinski definition) is 3. The average Bonchev–Trinajstić information content (AvgIpc) is 2.67. The van der Waals surface area contributed by atoms with E-state index in [1.54, 1.807) is 0 Å². The molecule has 0 aromatic heterocycles. The summed E-state index contributed by atoms with van der Waals surface area (Å²) in [5.41, 5.74) is 5.23. The molecule has 1 aliphatic heterocycles. The standard InChI is InChI=1S/C13H17ClN2O3S/c14-12-6-5-10(9-11(12)13(15)17)20(18,19)16-7-3-1-2-4-8-16/h5-6,9H,1-4,7-8H2,(H2,15,17). The fourth-order valence-electron chi connectivity index (χ4n) is 2.28. The van der Waals surface area contributed by atoms with Crippen LogP contribution in [0.1, 0.15) is 36.0 Å². The number of primary amides is 1. The van der Waals surface area contributed by atoms with Crippen LogP contribution in [-0.4, -0.2) is 31.7 Å². The lowest BCUT2D eigenvalue weighted by molar-refractivity contribution is 0.1000. The molecule has 0 bridgehead atoms. The first kappa shape index (κ1) is 15.3. The first-order valence-corrected chi connectivity index (χ1v) is 8.34. The molecule has 0 aliphatic carbocycles. The SMILES string of the molecule is NC(=O)c1cc(S(=O)(=O)N2CCCCCC2)ccc1Cl. The van der Waals surface area contributed by atoms with Gasteiger partial charge in [0.1, 0.15) is 0 Å². The maximum Gasteiger partial charge on any atom is 0.250 e. The predicted molar refractivity (Wildman–Crippen MR) is 77.2 cm³/mol. The van der Waals surface area contributed by atoms with Gasteiger partial charge < -0.3 is 5.73 Å². The van der Waals surface area contributed by atoms with Crippen LogP contribution in [0.15, 0.2) is 23.1 Å². The van der Waals surface area contributed by atoms with Crippen molar-refractivity contribution in [3.63, 3.8) is 0 Å². The molecule has 0 saturated carbocycles. The lowest BCUT2D eigenvalue weighted by Gasteiger charge is -2.20. The second-order valence-corrected chi connectivity index (χ2v) is 7.17. The number of carbonyl (C=O) groups is 1.